The molecule has 2 saturated heterocycles. The first kappa shape index (κ1) is 14.6. The molecular formula is C15H16F2N2OS. The highest BCUT2D eigenvalue weighted by atomic mass is 32.2. The van der Waals surface area contributed by atoms with Crippen molar-refractivity contribution >= 4 is 17.4 Å². The maximum absolute atomic E-state index is 13.9. The minimum absolute atomic E-state index is 0.00520. The van der Waals surface area contributed by atoms with Crippen LogP contribution in [0.3, 0.4) is 0 Å². The third-order valence-corrected chi connectivity index (χ3v) is 5.30. The second-order valence-corrected chi connectivity index (χ2v) is 6.70. The minimum atomic E-state index is -0.715. The molecule has 0 unspecified atom stereocenters. The zero-order chi connectivity index (χ0) is 14.9. The summed E-state index contributed by atoms with van der Waals surface area (Å²) >= 11 is 1.86. The van der Waals surface area contributed by atoms with Crippen molar-refractivity contribution < 1.29 is 13.5 Å². The molecular weight excluding hydrogens is 294 g/mol. The maximum atomic E-state index is 13.9. The number of hydrogen-bond acceptors (Lipinski definition) is 4. The molecule has 1 aromatic carbocycles. The number of ether oxygens (including phenoxy) is 1. The van der Waals surface area contributed by atoms with Crippen LogP contribution in [0.25, 0.3) is 0 Å². The van der Waals surface area contributed by atoms with E-state index in [9.17, 15) is 8.78 Å². The van der Waals surface area contributed by atoms with E-state index in [1.54, 1.807) is 6.07 Å². The van der Waals surface area contributed by atoms with Crippen LogP contribution < -0.4 is 5.32 Å². The Morgan fingerprint density at radius 1 is 1.38 bits per heavy atom. The largest absolute Gasteiger partial charge is 0.377 e. The van der Waals surface area contributed by atoms with Gasteiger partial charge < -0.3 is 10.1 Å². The van der Waals surface area contributed by atoms with Crippen molar-refractivity contribution in [3.8, 4) is 6.07 Å². The van der Waals surface area contributed by atoms with Gasteiger partial charge in [0.15, 0.2) is 11.6 Å². The van der Waals surface area contributed by atoms with Crippen LogP contribution in [0.4, 0.5) is 14.5 Å². The Balaban J connectivity index is 1.76. The third-order valence-electron chi connectivity index (χ3n) is 4.08. The molecule has 0 aromatic heterocycles. The first-order chi connectivity index (χ1) is 10.1. The molecule has 2 heterocycles. The summed E-state index contributed by atoms with van der Waals surface area (Å²) in [6, 6.07) is 3.87. The number of benzene rings is 1. The molecule has 1 spiro atoms. The standard InChI is InChI=1S/C15H16F2N2OS/c16-12-5-10(8-18)6-13(17)14(12)19-11-1-3-20-15(7-11)2-4-21-9-15/h5-6,11,19H,1-4,7,9H2/t11-,15+/m1/s1. The maximum Gasteiger partial charge on any atom is 0.150 e. The van der Waals surface area contributed by atoms with Crippen molar-refractivity contribution in [2.75, 3.05) is 23.4 Å². The van der Waals surface area contributed by atoms with Crippen molar-refractivity contribution in [1.29, 1.82) is 5.26 Å². The van der Waals surface area contributed by atoms with Crippen molar-refractivity contribution in [3.63, 3.8) is 0 Å². The van der Waals surface area contributed by atoms with Gasteiger partial charge in [-0.1, -0.05) is 0 Å². The summed E-state index contributed by atoms with van der Waals surface area (Å²) in [5.74, 6) is 0.594. The van der Waals surface area contributed by atoms with Gasteiger partial charge in [-0.25, -0.2) is 8.78 Å². The number of rotatable bonds is 2. The molecule has 0 radical (unpaired) electrons. The molecule has 21 heavy (non-hydrogen) atoms. The highest BCUT2D eigenvalue weighted by molar-refractivity contribution is 7.99. The van der Waals surface area contributed by atoms with Crippen LogP contribution in [0.2, 0.25) is 0 Å². The molecule has 0 saturated carbocycles. The predicted molar refractivity (Wildman–Crippen MR) is 78.3 cm³/mol. The summed E-state index contributed by atoms with van der Waals surface area (Å²) in [7, 11) is 0. The minimum Gasteiger partial charge on any atom is -0.377 e. The Morgan fingerprint density at radius 2 is 2.14 bits per heavy atom. The first-order valence-corrected chi connectivity index (χ1v) is 8.15. The van der Waals surface area contributed by atoms with Gasteiger partial charge in [0.25, 0.3) is 0 Å². The fraction of sp³-hybridized carbons (Fsp3) is 0.533. The van der Waals surface area contributed by atoms with Crippen molar-refractivity contribution in [3.05, 3.63) is 29.3 Å². The van der Waals surface area contributed by atoms with Gasteiger partial charge in [0, 0.05) is 18.4 Å². The summed E-state index contributed by atoms with van der Waals surface area (Å²) in [6.07, 6.45) is 2.48. The Morgan fingerprint density at radius 3 is 2.76 bits per heavy atom. The van der Waals surface area contributed by atoms with Gasteiger partial charge in [-0.15, -0.1) is 0 Å². The Kier molecular flexibility index (Phi) is 4.05. The fourth-order valence-electron chi connectivity index (χ4n) is 2.99. The molecule has 2 aliphatic heterocycles. The van der Waals surface area contributed by atoms with Crippen LogP contribution in [0, 0.1) is 23.0 Å². The summed E-state index contributed by atoms with van der Waals surface area (Å²) in [6.45, 7) is 0.609. The number of thioether (sulfide) groups is 1. The van der Waals surface area contributed by atoms with Crippen LogP contribution in [-0.2, 0) is 4.74 Å². The molecule has 3 nitrogen and oxygen atoms in total. The molecule has 0 aliphatic carbocycles. The van der Waals surface area contributed by atoms with E-state index >= 15 is 0 Å². The van der Waals surface area contributed by atoms with Gasteiger partial charge in [0.2, 0.25) is 0 Å². The number of anilines is 1. The van der Waals surface area contributed by atoms with E-state index in [4.69, 9.17) is 10.00 Å². The molecule has 112 valence electrons. The van der Waals surface area contributed by atoms with Gasteiger partial charge in [-0.05, 0) is 37.1 Å². The molecule has 0 bridgehead atoms. The van der Waals surface area contributed by atoms with Gasteiger partial charge >= 0.3 is 0 Å². The summed E-state index contributed by atoms with van der Waals surface area (Å²) in [4.78, 5) is 0. The third kappa shape index (κ3) is 2.99. The number of hydrogen-bond donors (Lipinski definition) is 1. The van der Waals surface area contributed by atoms with Gasteiger partial charge in [-0.2, -0.15) is 17.0 Å². The Bertz CT molecular complexity index is 559. The van der Waals surface area contributed by atoms with Crippen molar-refractivity contribution in [2.45, 2.75) is 30.9 Å². The van der Waals surface area contributed by atoms with Crippen LogP contribution in [-0.4, -0.2) is 29.8 Å². The lowest BCUT2D eigenvalue weighted by molar-refractivity contribution is -0.0628. The quantitative estimate of drug-likeness (QED) is 0.910. The lowest BCUT2D eigenvalue weighted by atomic mass is 9.89. The molecule has 3 rings (SSSR count). The first-order valence-electron chi connectivity index (χ1n) is 6.99. The van der Waals surface area contributed by atoms with Crippen LogP contribution in [0.15, 0.2) is 12.1 Å². The van der Waals surface area contributed by atoms with E-state index in [0.717, 1.165) is 42.9 Å². The van der Waals surface area contributed by atoms with Gasteiger partial charge in [0.1, 0.15) is 5.69 Å². The van der Waals surface area contributed by atoms with E-state index in [0.29, 0.717) is 6.61 Å². The molecule has 0 amide bonds. The number of nitrogens with one attached hydrogen (secondary N) is 1. The molecule has 2 atom stereocenters. The Labute approximate surface area is 126 Å². The summed E-state index contributed by atoms with van der Waals surface area (Å²) in [5, 5.41) is 11.7. The van der Waals surface area contributed by atoms with Crippen molar-refractivity contribution in [1.82, 2.24) is 0 Å². The zero-order valence-corrected chi connectivity index (χ0v) is 12.3. The van der Waals surface area contributed by atoms with Gasteiger partial charge in [-0.3, -0.25) is 0 Å². The average molecular weight is 310 g/mol. The molecule has 2 aliphatic rings. The highest BCUT2D eigenvalue weighted by Gasteiger charge is 2.40. The predicted octanol–water partition coefficient (Wildman–Crippen LogP) is 3.30. The van der Waals surface area contributed by atoms with E-state index in [1.807, 2.05) is 11.8 Å². The second kappa shape index (κ2) is 5.82. The van der Waals surface area contributed by atoms with Crippen LogP contribution in [0.1, 0.15) is 24.8 Å². The van der Waals surface area contributed by atoms with E-state index in [2.05, 4.69) is 5.32 Å². The molecule has 2 fully saturated rings. The lowest BCUT2D eigenvalue weighted by Crippen LogP contribution is -2.44. The number of nitrogens with zero attached hydrogens (tertiary/aromatic N) is 1. The van der Waals surface area contributed by atoms with E-state index in [1.165, 1.54) is 0 Å². The SMILES string of the molecule is N#Cc1cc(F)c(N[C@@H]2CCO[C@@]3(CCSC3)C2)c(F)c1. The smallest absolute Gasteiger partial charge is 0.150 e. The molecule has 1 aromatic rings. The fourth-order valence-corrected chi connectivity index (χ4v) is 4.37. The lowest BCUT2D eigenvalue weighted by Gasteiger charge is -2.38. The van der Waals surface area contributed by atoms with Gasteiger partial charge in [0.05, 0.1) is 17.2 Å². The zero-order valence-electron chi connectivity index (χ0n) is 11.5. The number of halogens is 2. The summed E-state index contributed by atoms with van der Waals surface area (Å²) in [5.41, 5.74) is -0.284. The molecule has 1 N–H and O–H groups in total. The Hall–Kier alpha value is -1.32. The summed E-state index contributed by atoms with van der Waals surface area (Å²) < 4.78 is 33.8. The second-order valence-electron chi connectivity index (χ2n) is 5.59. The monoisotopic (exact) mass is 310 g/mol. The van der Waals surface area contributed by atoms with E-state index in [-0.39, 0.29) is 22.9 Å². The van der Waals surface area contributed by atoms with E-state index < -0.39 is 11.6 Å². The van der Waals surface area contributed by atoms with Crippen LogP contribution in [0.5, 0.6) is 0 Å². The average Bonchev–Trinajstić information content (AvgIpc) is 2.90. The number of nitriles is 1. The topological polar surface area (TPSA) is 45.0 Å². The molecule has 6 heteroatoms. The normalized spacial score (nSPS) is 28.5. The van der Waals surface area contributed by atoms with Crippen LogP contribution >= 0.6 is 11.8 Å². The highest BCUT2D eigenvalue weighted by Crippen LogP contribution is 2.39. The van der Waals surface area contributed by atoms with Crippen molar-refractivity contribution in [2.24, 2.45) is 0 Å².